The van der Waals surface area contributed by atoms with E-state index < -0.39 is 0 Å². The lowest BCUT2D eigenvalue weighted by molar-refractivity contribution is 0.0577. The van der Waals surface area contributed by atoms with E-state index in [1.807, 2.05) is 41.3 Å². The zero-order valence-corrected chi connectivity index (χ0v) is 13.4. The van der Waals surface area contributed by atoms with Crippen molar-refractivity contribution >= 4 is 16.8 Å². The molecule has 3 heteroatoms. The second-order valence-electron chi connectivity index (χ2n) is 6.37. The van der Waals surface area contributed by atoms with Gasteiger partial charge in [-0.05, 0) is 44.0 Å². The van der Waals surface area contributed by atoms with Crippen molar-refractivity contribution < 1.29 is 4.79 Å². The Morgan fingerprint density at radius 2 is 1.74 bits per heavy atom. The third-order valence-electron chi connectivity index (χ3n) is 4.91. The number of hydrogen-bond donors (Lipinski definition) is 1. The van der Waals surface area contributed by atoms with Crippen molar-refractivity contribution in [3.05, 3.63) is 71.4 Å². The highest BCUT2D eigenvalue weighted by Gasteiger charge is 2.35. The second-order valence-corrected chi connectivity index (χ2v) is 6.37. The number of fused-ring (bicyclic) bond motifs is 3. The van der Waals surface area contributed by atoms with Crippen LogP contribution in [0.25, 0.3) is 10.9 Å². The van der Waals surface area contributed by atoms with E-state index in [0.29, 0.717) is 0 Å². The third-order valence-corrected chi connectivity index (χ3v) is 4.91. The standard InChI is InChI=1S/C20H20N2O/c1-13-12-17-16-10-6-7-11-18(16)21-19(17)14(2)22(13)20(23)15-8-4-3-5-9-15/h3-11,13-14,21H,12H2,1-2H3/t13-,14-/m1/s1. The van der Waals surface area contributed by atoms with E-state index in [-0.39, 0.29) is 18.0 Å². The Morgan fingerprint density at radius 3 is 2.52 bits per heavy atom. The van der Waals surface area contributed by atoms with Crippen LogP contribution < -0.4 is 0 Å². The maximum Gasteiger partial charge on any atom is 0.254 e. The highest BCUT2D eigenvalue weighted by Crippen LogP contribution is 2.37. The Labute approximate surface area is 135 Å². The molecule has 0 unspecified atom stereocenters. The van der Waals surface area contributed by atoms with E-state index in [9.17, 15) is 4.79 Å². The van der Waals surface area contributed by atoms with E-state index >= 15 is 0 Å². The number of carbonyl (C=O) groups excluding carboxylic acids is 1. The SMILES string of the molecule is C[C@@H]1Cc2c([nH]c3ccccc23)[C@@H](C)N1C(=O)c1ccccc1. The molecule has 23 heavy (non-hydrogen) atoms. The van der Waals surface area contributed by atoms with Gasteiger partial charge in [0.2, 0.25) is 0 Å². The lowest BCUT2D eigenvalue weighted by Crippen LogP contribution is -2.44. The molecule has 1 amide bonds. The highest BCUT2D eigenvalue weighted by atomic mass is 16.2. The Kier molecular flexibility index (Phi) is 3.22. The van der Waals surface area contributed by atoms with Crippen LogP contribution in [0.5, 0.6) is 0 Å². The van der Waals surface area contributed by atoms with Crippen LogP contribution in [0.2, 0.25) is 0 Å². The predicted molar refractivity (Wildman–Crippen MR) is 92.5 cm³/mol. The van der Waals surface area contributed by atoms with Gasteiger partial charge in [-0.3, -0.25) is 4.79 Å². The molecule has 0 bridgehead atoms. The molecule has 2 aromatic carbocycles. The molecule has 0 fully saturated rings. The van der Waals surface area contributed by atoms with E-state index in [4.69, 9.17) is 0 Å². The first-order chi connectivity index (χ1) is 11.2. The summed E-state index contributed by atoms with van der Waals surface area (Å²) in [6.07, 6.45) is 0.891. The molecule has 0 spiro atoms. The summed E-state index contributed by atoms with van der Waals surface area (Å²) in [5.41, 5.74) is 4.45. The summed E-state index contributed by atoms with van der Waals surface area (Å²) in [5.74, 6) is 0.106. The average molecular weight is 304 g/mol. The molecular weight excluding hydrogens is 284 g/mol. The fraction of sp³-hybridized carbons (Fsp3) is 0.250. The molecule has 116 valence electrons. The van der Waals surface area contributed by atoms with E-state index in [0.717, 1.165) is 17.5 Å². The van der Waals surface area contributed by atoms with Gasteiger partial charge >= 0.3 is 0 Å². The molecule has 3 aromatic rings. The molecule has 2 atom stereocenters. The van der Waals surface area contributed by atoms with Gasteiger partial charge in [0.15, 0.2) is 0 Å². The van der Waals surface area contributed by atoms with Gasteiger partial charge in [0.25, 0.3) is 5.91 Å². The van der Waals surface area contributed by atoms with Gasteiger partial charge in [-0.25, -0.2) is 0 Å². The van der Waals surface area contributed by atoms with Crippen molar-refractivity contribution in [2.45, 2.75) is 32.4 Å². The van der Waals surface area contributed by atoms with Crippen LogP contribution >= 0.6 is 0 Å². The van der Waals surface area contributed by atoms with Crippen molar-refractivity contribution in [3.63, 3.8) is 0 Å². The summed E-state index contributed by atoms with van der Waals surface area (Å²) in [6.45, 7) is 4.26. The van der Waals surface area contributed by atoms with Gasteiger partial charge in [-0.1, -0.05) is 36.4 Å². The molecule has 1 aliphatic heterocycles. The van der Waals surface area contributed by atoms with E-state index in [1.165, 1.54) is 16.6 Å². The molecule has 4 rings (SSSR count). The van der Waals surface area contributed by atoms with Crippen molar-refractivity contribution in [1.82, 2.24) is 9.88 Å². The Balaban J connectivity index is 1.78. The van der Waals surface area contributed by atoms with Gasteiger partial charge < -0.3 is 9.88 Å². The monoisotopic (exact) mass is 304 g/mol. The number of rotatable bonds is 1. The number of benzene rings is 2. The number of aromatic amines is 1. The average Bonchev–Trinajstić information content (AvgIpc) is 2.95. The second kappa shape index (κ2) is 5.27. The summed E-state index contributed by atoms with van der Waals surface area (Å²) in [5, 5.41) is 1.29. The van der Waals surface area contributed by atoms with E-state index in [2.05, 4.69) is 37.0 Å². The summed E-state index contributed by atoms with van der Waals surface area (Å²) in [4.78, 5) is 18.5. The maximum atomic E-state index is 13.0. The molecule has 3 nitrogen and oxygen atoms in total. The summed E-state index contributed by atoms with van der Waals surface area (Å²) in [6, 6.07) is 18.2. The summed E-state index contributed by atoms with van der Waals surface area (Å²) >= 11 is 0. The normalized spacial score (nSPS) is 20.5. The topological polar surface area (TPSA) is 36.1 Å². The molecule has 1 aliphatic rings. The highest BCUT2D eigenvalue weighted by molar-refractivity contribution is 5.95. The zero-order chi connectivity index (χ0) is 16.0. The molecular formula is C20H20N2O. The Hall–Kier alpha value is -2.55. The van der Waals surface area contributed by atoms with Crippen LogP contribution in [-0.2, 0) is 6.42 Å². The van der Waals surface area contributed by atoms with Crippen molar-refractivity contribution in [1.29, 1.82) is 0 Å². The van der Waals surface area contributed by atoms with Crippen LogP contribution in [0.3, 0.4) is 0 Å². The Morgan fingerprint density at radius 1 is 1.04 bits per heavy atom. The Bertz CT molecular complexity index is 866. The van der Waals surface area contributed by atoms with Crippen LogP contribution in [0.4, 0.5) is 0 Å². The first-order valence-corrected chi connectivity index (χ1v) is 8.14. The minimum Gasteiger partial charge on any atom is -0.356 e. The van der Waals surface area contributed by atoms with Crippen LogP contribution in [-0.4, -0.2) is 21.8 Å². The molecule has 2 heterocycles. The van der Waals surface area contributed by atoms with Crippen LogP contribution in [0.15, 0.2) is 54.6 Å². The first kappa shape index (κ1) is 14.1. The minimum absolute atomic E-state index is 0.0499. The van der Waals surface area contributed by atoms with Gasteiger partial charge in [-0.15, -0.1) is 0 Å². The minimum atomic E-state index is 0.0499. The maximum absolute atomic E-state index is 13.0. The molecule has 0 saturated heterocycles. The molecule has 0 saturated carbocycles. The van der Waals surface area contributed by atoms with Gasteiger partial charge in [0, 0.05) is 28.2 Å². The largest absolute Gasteiger partial charge is 0.356 e. The van der Waals surface area contributed by atoms with Crippen molar-refractivity contribution in [2.75, 3.05) is 0 Å². The summed E-state index contributed by atoms with van der Waals surface area (Å²) in [7, 11) is 0. The summed E-state index contributed by atoms with van der Waals surface area (Å²) < 4.78 is 0. The van der Waals surface area contributed by atoms with E-state index in [1.54, 1.807) is 0 Å². The number of carbonyl (C=O) groups is 1. The molecule has 0 aliphatic carbocycles. The van der Waals surface area contributed by atoms with Crippen molar-refractivity contribution in [3.8, 4) is 0 Å². The van der Waals surface area contributed by atoms with Gasteiger partial charge in [0.05, 0.1) is 6.04 Å². The zero-order valence-electron chi connectivity index (χ0n) is 13.4. The quantitative estimate of drug-likeness (QED) is 0.714. The number of hydrogen-bond acceptors (Lipinski definition) is 1. The number of aromatic nitrogens is 1. The lowest BCUT2D eigenvalue weighted by atomic mass is 9.92. The van der Waals surface area contributed by atoms with Gasteiger partial charge in [-0.2, -0.15) is 0 Å². The molecule has 1 aromatic heterocycles. The number of nitrogens with zero attached hydrogens (tertiary/aromatic N) is 1. The fourth-order valence-electron chi connectivity index (χ4n) is 3.82. The smallest absolute Gasteiger partial charge is 0.254 e. The number of para-hydroxylation sites is 1. The third kappa shape index (κ3) is 2.15. The van der Waals surface area contributed by atoms with Crippen LogP contribution in [0.1, 0.15) is 41.5 Å². The van der Waals surface area contributed by atoms with Crippen LogP contribution in [0, 0.1) is 0 Å². The lowest BCUT2D eigenvalue weighted by Gasteiger charge is -2.39. The number of amides is 1. The number of H-pyrrole nitrogens is 1. The van der Waals surface area contributed by atoms with Gasteiger partial charge in [0.1, 0.15) is 0 Å². The predicted octanol–water partition coefficient (Wildman–Crippen LogP) is 4.32. The molecule has 1 N–H and O–H groups in total. The van der Waals surface area contributed by atoms with Crippen molar-refractivity contribution in [2.24, 2.45) is 0 Å². The number of nitrogens with one attached hydrogen (secondary N) is 1. The fourth-order valence-corrected chi connectivity index (χ4v) is 3.82. The first-order valence-electron chi connectivity index (χ1n) is 8.14. The molecule has 0 radical (unpaired) electrons.